The van der Waals surface area contributed by atoms with Crippen molar-refractivity contribution in [2.24, 2.45) is 11.8 Å². The number of rotatable bonds is 5. The minimum atomic E-state index is -0.426. The number of hydrogen-bond donors (Lipinski definition) is 1. The Morgan fingerprint density at radius 3 is 2.25 bits per heavy atom. The van der Waals surface area contributed by atoms with Crippen molar-refractivity contribution in [3.8, 4) is 0 Å². The van der Waals surface area contributed by atoms with Crippen LogP contribution in [0.5, 0.6) is 0 Å². The number of thiophene rings is 1. The second kappa shape index (κ2) is 11.1. The molecule has 1 spiro atoms. The van der Waals surface area contributed by atoms with Gasteiger partial charge in [0, 0.05) is 29.7 Å². The van der Waals surface area contributed by atoms with E-state index in [0.717, 1.165) is 74.8 Å². The molecule has 200 valence electrons. The summed E-state index contributed by atoms with van der Waals surface area (Å²) in [6.07, 6.45) is 10.1. The van der Waals surface area contributed by atoms with Crippen molar-refractivity contribution in [1.82, 2.24) is 0 Å². The van der Waals surface area contributed by atoms with Gasteiger partial charge >= 0.3 is 5.97 Å². The van der Waals surface area contributed by atoms with Crippen molar-refractivity contribution < 1.29 is 28.9 Å². The molecule has 3 saturated carbocycles. The third-order valence-corrected chi connectivity index (χ3v) is 10.2. The minimum absolute atomic E-state index is 0.000945. The van der Waals surface area contributed by atoms with Crippen molar-refractivity contribution >= 4 is 28.9 Å². The van der Waals surface area contributed by atoms with E-state index in [0.29, 0.717) is 42.8 Å². The quantitative estimate of drug-likeness (QED) is 0.525. The lowest BCUT2D eigenvalue weighted by Crippen LogP contribution is -2.47. The molecule has 8 heteroatoms. The molecule has 0 unspecified atom stereocenters. The molecule has 0 bridgehead atoms. The minimum Gasteiger partial charge on any atom is -0.465 e. The molecule has 5 rings (SSSR count). The summed E-state index contributed by atoms with van der Waals surface area (Å²) in [5.74, 6) is 0.313. The van der Waals surface area contributed by atoms with Gasteiger partial charge in [-0.2, -0.15) is 0 Å². The van der Waals surface area contributed by atoms with Crippen LogP contribution < -0.4 is 4.90 Å². The highest BCUT2D eigenvalue weighted by atomic mass is 32.1. The van der Waals surface area contributed by atoms with E-state index < -0.39 is 5.79 Å². The first-order chi connectivity index (χ1) is 17.4. The Morgan fingerprint density at radius 2 is 1.64 bits per heavy atom. The first-order valence-electron chi connectivity index (χ1n) is 13.9. The molecule has 2 heterocycles. The zero-order chi connectivity index (χ0) is 25.3. The van der Waals surface area contributed by atoms with Crippen molar-refractivity contribution in [1.29, 1.82) is 0 Å². The Hall–Kier alpha value is -1.48. The van der Waals surface area contributed by atoms with Crippen LogP contribution in [0.3, 0.4) is 0 Å². The maximum atomic E-state index is 14.1. The molecule has 1 aromatic rings. The van der Waals surface area contributed by atoms with Crippen molar-refractivity contribution in [2.75, 3.05) is 25.2 Å². The smallest absolute Gasteiger partial charge is 0.350 e. The van der Waals surface area contributed by atoms with Crippen LogP contribution in [0.4, 0.5) is 5.69 Å². The van der Waals surface area contributed by atoms with Crippen molar-refractivity contribution in [3.05, 3.63) is 15.8 Å². The van der Waals surface area contributed by atoms with Crippen LogP contribution in [0, 0.1) is 11.8 Å². The second-order valence-corrected chi connectivity index (χ2v) is 12.4. The molecule has 1 N–H and O–H groups in total. The van der Waals surface area contributed by atoms with E-state index in [1.807, 2.05) is 4.90 Å². The molecule has 0 aromatic carbocycles. The van der Waals surface area contributed by atoms with E-state index in [9.17, 15) is 14.7 Å². The van der Waals surface area contributed by atoms with Crippen molar-refractivity contribution in [2.45, 2.75) is 108 Å². The third kappa shape index (κ3) is 5.38. The van der Waals surface area contributed by atoms with Gasteiger partial charge < -0.3 is 24.2 Å². The molecule has 4 aliphatic rings. The standard InChI is InChI=1S/C28H41NO6S/c1-18-3-5-20(6-4-18)26(31)29(21-7-9-22(30)10-8-21)23-17-24(36-25(23)27(32)33-2)19-11-13-28(14-12-19)34-15-16-35-28/h17-22,30H,3-16H2,1-2H3/t18-,20-,21-,22-. The number of methoxy groups -OCH3 is 1. The molecule has 1 aromatic heterocycles. The maximum Gasteiger partial charge on any atom is 0.350 e. The van der Waals surface area contributed by atoms with Gasteiger partial charge in [-0.1, -0.05) is 6.92 Å². The highest BCUT2D eigenvalue weighted by molar-refractivity contribution is 7.14. The topological polar surface area (TPSA) is 85.3 Å². The summed E-state index contributed by atoms with van der Waals surface area (Å²) < 4.78 is 17.0. The van der Waals surface area contributed by atoms with E-state index in [2.05, 4.69) is 13.0 Å². The van der Waals surface area contributed by atoms with Gasteiger partial charge in [-0.3, -0.25) is 4.79 Å². The fourth-order valence-corrected chi connectivity index (χ4v) is 7.90. The average Bonchev–Trinajstić information content (AvgIpc) is 3.54. The lowest BCUT2D eigenvalue weighted by molar-refractivity contribution is -0.178. The molecule has 1 amide bonds. The Labute approximate surface area is 218 Å². The van der Waals surface area contributed by atoms with Crippen LogP contribution in [0.25, 0.3) is 0 Å². The molecule has 0 radical (unpaired) electrons. The zero-order valence-electron chi connectivity index (χ0n) is 21.7. The van der Waals surface area contributed by atoms with Gasteiger partial charge in [-0.05, 0) is 82.1 Å². The first-order valence-corrected chi connectivity index (χ1v) is 14.7. The molecule has 4 fully saturated rings. The fourth-order valence-electron chi connectivity index (χ4n) is 6.66. The largest absolute Gasteiger partial charge is 0.465 e. The van der Waals surface area contributed by atoms with Crippen LogP contribution in [0.2, 0.25) is 0 Å². The molecule has 0 atom stereocenters. The maximum absolute atomic E-state index is 14.1. The number of amides is 1. The van der Waals surface area contributed by atoms with Gasteiger partial charge in [0.05, 0.1) is 32.1 Å². The highest BCUT2D eigenvalue weighted by Crippen LogP contribution is 2.47. The summed E-state index contributed by atoms with van der Waals surface area (Å²) >= 11 is 1.49. The normalized spacial score (nSPS) is 30.9. The van der Waals surface area contributed by atoms with E-state index in [-0.39, 0.29) is 29.9 Å². The number of ether oxygens (including phenoxy) is 3. The van der Waals surface area contributed by atoms with Crippen LogP contribution >= 0.6 is 11.3 Å². The van der Waals surface area contributed by atoms with Gasteiger partial charge in [-0.15, -0.1) is 11.3 Å². The number of carbonyl (C=O) groups excluding carboxylic acids is 2. The molecule has 7 nitrogen and oxygen atoms in total. The predicted octanol–water partition coefficient (Wildman–Crippen LogP) is 5.40. The predicted molar refractivity (Wildman–Crippen MR) is 138 cm³/mol. The lowest BCUT2D eigenvalue weighted by atomic mass is 9.81. The Bertz CT molecular complexity index is 914. The van der Waals surface area contributed by atoms with Crippen LogP contribution in [-0.2, 0) is 19.0 Å². The number of anilines is 1. The Balaban J connectivity index is 1.44. The number of nitrogens with zero attached hydrogens (tertiary/aromatic N) is 1. The van der Waals surface area contributed by atoms with Crippen LogP contribution in [0.15, 0.2) is 6.07 Å². The summed E-state index contributed by atoms with van der Waals surface area (Å²) in [6.45, 7) is 3.58. The summed E-state index contributed by atoms with van der Waals surface area (Å²) in [5.41, 5.74) is 0.723. The van der Waals surface area contributed by atoms with E-state index in [1.54, 1.807) is 0 Å². The molecular formula is C28H41NO6S. The summed E-state index contributed by atoms with van der Waals surface area (Å²) in [7, 11) is 1.41. The number of aliphatic hydroxyl groups excluding tert-OH is 1. The number of hydrogen-bond acceptors (Lipinski definition) is 7. The SMILES string of the molecule is COC(=O)c1sc(C2CCC3(CC2)OCCO3)cc1N(C(=O)[C@H]1CC[C@H](C)CC1)[C@H]1CC[C@H](O)CC1. The van der Waals surface area contributed by atoms with Crippen LogP contribution in [0.1, 0.15) is 104 Å². The van der Waals surface area contributed by atoms with Gasteiger partial charge in [0.1, 0.15) is 4.88 Å². The summed E-state index contributed by atoms with van der Waals surface area (Å²) in [5, 5.41) is 10.1. The molecule has 36 heavy (non-hydrogen) atoms. The lowest BCUT2D eigenvalue weighted by Gasteiger charge is -2.39. The third-order valence-electron chi connectivity index (χ3n) is 8.96. The first kappa shape index (κ1) is 26.1. The monoisotopic (exact) mass is 519 g/mol. The molecule has 1 aliphatic heterocycles. The average molecular weight is 520 g/mol. The van der Waals surface area contributed by atoms with E-state index in [4.69, 9.17) is 14.2 Å². The van der Waals surface area contributed by atoms with E-state index >= 15 is 0 Å². The number of carbonyl (C=O) groups is 2. The Kier molecular flexibility index (Phi) is 8.06. The van der Waals surface area contributed by atoms with Gasteiger partial charge in [0.15, 0.2) is 5.79 Å². The fraction of sp³-hybridized carbons (Fsp3) is 0.786. The summed E-state index contributed by atoms with van der Waals surface area (Å²) in [6, 6.07) is 2.10. The number of esters is 1. The van der Waals surface area contributed by atoms with Gasteiger partial charge in [0.2, 0.25) is 5.91 Å². The number of aliphatic hydroxyl groups is 1. The summed E-state index contributed by atoms with van der Waals surface area (Å²) in [4.78, 5) is 30.7. The molecule has 3 aliphatic carbocycles. The second-order valence-electron chi connectivity index (χ2n) is 11.4. The zero-order valence-corrected chi connectivity index (χ0v) is 22.5. The highest BCUT2D eigenvalue weighted by Gasteiger charge is 2.42. The molecular weight excluding hydrogens is 478 g/mol. The molecule has 1 saturated heterocycles. The Morgan fingerprint density at radius 1 is 1.00 bits per heavy atom. The van der Waals surface area contributed by atoms with Crippen molar-refractivity contribution in [3.63, 3.8) is 0 Å². The van der Waals surface area contributed by atoms with Gasteiger partial charge in [0.25, 0.3) is 0 Å². The van der Waals surface area contributed by atoms with E-state index in [1.165, 1.54) is 18.4 Å². The van der Waals surface area contributed by atoms with Gasteiger partial charge in [-0.25, -0.2) is 4.79 Å². The van der Waals surface area contributed by atoms with Crippen LogP contribution in [-0.4, -0.2) is 55.2 Å².